The minimum Gasteiger partial charge on any atom is -0.467 e. The highest BCUT2D eigenvalue weighted by molar-refractivity contribution is 6.30. The molecule has 4 aromatic rings. The molecule has 0 unspecified atom stereocenters. The second kappa shape index (κ2) is 12.2. The van der Waals surface area contributed by atoms with Crippen molar-refractivity contribution in [1.29, 1.82) is 0 Å². The summed E-state index contributed by atoms with van der Waals surface area (Å²) in [6.07, 6.45) is 2.12. The van der Waals surface area contributed by atoms with Gasteiger partial charge in [-0.15, -0.1) is 10.2 Å². The van der Waals surface area contributed by atoms with Crippen LogP contribution in [0.15, 0.2) is 48.5 Å². The van der Waals surface area contributed by atoms with Crippen LogP contribution in [0.2, 0.25) is 5.15 Å². The number of esters is 1. The van der Waals surface area contributed by atoms with E-state index in [4.69, 9.17) is 22.1 Å². The van der Waals surface area contributed by atoms with Gasteiger partial charge in [0, 0.05) is 18.5 Å². The van der Waals surface area contributed by atoms with Crippen molar-refractivity contribution in [2.45, 2.75) is 44.7 Å². The highest BCUT2D eigenvalue weighted by Gasteiger charge is 2.47. The van der Waals surface area contributed by atoms with Crippen LogP contribution in [-0.4, -0.2) is 56.2 Å². The summed E-state index contributed by atoms with van der Waals surface area (Å²) in [7, 11) is 2.82. The van der Waals surface area contributed by atoms with Crippen LogP contribution in [-0.2, 0) is 32.8 Å². The topological polar surface area (TPSA) is 154 Å². The SMILES string of the molecule is CCCCc1nc(Cl)c([C@](CC(N)=O)(NC)C(=O)OC)n1Cc1ccc(-c2ccccc2-c2nn[nH]n2)cc1. The van der Waals surface area contributed by atoms with Crippen molar-refractivity contribution in [1.82, 2.24) is 35.5 Å². The third kappa shape index (κ3) is 5.69. The molecule has 0 radical (unpaired) electrons. The van der Waals surface area contributed by atoms with Gasteiger partial charge in [0.15, 0.2) is 10.7 Å². The smallest absolute Gasteiger partial charge is 0.332 e. The predicted octanol–water partition coefficient (Wildman–Crippen LogP) is 3.24. The highest BCUT2D eigenvalue weighted by atomic mass is 35.5. The molecule has 204 valence electrons. The largest absolute Gasteiger partial charge is 0.467 e. The molecule has 2 aromatic heterocycles. The lowest BCUT2D eigenvalue weighted by atomic mass is 9.90. The molecule has 12 heteroatoms. The van der Waals surface area contributed by atoms with Gasteiger partial charge in [-0.1, -0.05) is 73.5 Å². The molecule has 0 fully saturated rings. The molecule has 1 amide bonds. The van der Waals surface area contributed by atoms with Gasteiger partial charge in [0.1, 0.15) is 5.82 Å². The minimum atomic E-state index is -1.60. The molecule has 0 saturated carbocycles. The maximum absolute atomic E-state index is 13.1. The summed E-state index contributed by atoms with van der Waals surface area (Å²) in [5.41, 5.74) is 8.04. The van der Waals surface area contributed by atoms with E-state index in [2.05, 4.69) is 37.8 Å². The molecule has 1 atom stereocenters. The first-order valence-corrected chi connectivity index (χ1v) is 13.0. The Morgan fingerprint density at radius 2 is 1.87 bits per heavy atom. The summed E-state index contributed by atoms with van der Waals surface area (Å²) in [5, 5.41) is 17.5. The number of aryl methyl sites for hydroxylation is 1. The molecule has 4 N–H and O–H groups in total. The number of likely N-dealkylation sites (N-methyl/N-ethyl adjacent to an activating group) is 1. The number of methoxy groups -OCH3 is 1. The summed E-state index contributed by atoms with van der Waals surface area (Å²) in [6.45, 7) is 2.44. The van der Waals surface area contributed by atoms with E-state index in [0.717, 1.165) is 35.1 Å². The van der Waals surface area contributed by atoms with Gasteiger partial charge in [-0.05, 0) is 35.4 Å². The molecule has 0 aliphatic carbocycles. The van der Waals surface area contributed by atoms with Gasteiger partial charge in [-0.3, -0.25) is 10.1 Å². The number of aromatic nitrogens is 6. The van der Waals surface area contributed by atoms with Gasteiger partial charge < -0.3 is 15.0 Å². The Morgan fingerprint density at radius 1 is 1.15 bits per heavy atom. The summed E-state index contributed by atoms with van der Waals surface area (Å²) in [5.74, 6) is -0.148. The van der Waals surface area contributed by atoms with Gasteiger partial charge >= 0.3 is 5.97 Å². The van der Waals surface area contributed by atoms with Gasteiger partial charge in [0.25, 0.3) is 0 Å². The number of imidazole rings is 1. The second-order valence-electron chi connectivity index (χ2n) is 9.13. The number of amides is 1. The second-order valence-corrected chi connectivity index (χ2v) is 9.48. The third-order valence-corrected chi connectivity index (χ3v) is 6.94. The van der Waals surface area contributed by atoms with Crippen LogP contribution in [0.1, 0.15) is 43.3 Å². The first-order valence-electron chi connectivity index (χ1n) is 12.6. The number of benzene rings is 2. The molecule has 0 spiro atoms. The van der Waals surface area contributed by atoms with Gasteiger partial charge in [-0.2, -0.15) is 5.21 Å². The molecule has 39 heavy (non-hydrogen) atoms. The summed E-state index contributed by atoms with van der Waals surface area (Å²) >= 11 is 6.66. The van der Waals surface area contributed by atoms with E-state index in [-0.39, 0.29) is 11.6 Å². The lowest BCUT2D eigenvalue weighted by molar-refractivity contribution is -0.151. The number of nitrogens with zero attached hydrogens (tertiary/aromatic N) is 5. The van der Waals surface area contributed by atoms with Crippen LogP contribution in [0.3, 0.4) is 0 Å². The Balaban J connectivity index is 1.77. The van der Waals surface area contributed by atoms with Gasteiger partial charge in [-0.25, -0.2) is 9.78 Å². The minimum absolute atomic E-state index is 0.118. The number of carbonyl (C=O) groups is 2. The fourth-order valence-corrected chi connectivity index (χ4v) is 5.11. The summed E-state index contributed by atoms with van der Waals surface area (Å²) in [4.78, 5) is 29.8. The van der Waals surface area contributed by atoms with Crippen molar-refractivity contribution < 1.29 is 14.3 Å². The van der Waals surface area contributed by atoms with E-state index in [9.17, 15) is 9.59 Å². The molecular weight excluding hydrogens is 520 g/mol. The summed E-state index contributed by atoms with van der Waals surface area (Å²) in [6, 6.07) is 15.8. The van der Waals surface area contributed by atoms with Crippen LogP contribution < -0.4 is 11.1 Å². The number of carbonyl (C=O) groups excluding carboxylic acids is 2. The number of primary amides is 1. The first kappa shape index (κ1) is 27.9. The quantitative estimate of drug-likeness (QED) is 0.227. The van der Waals surface area contributed by atoms with Crippen molar-refractivity contribution in [2.75, 3.05) is 14.2 Å². The molecule has 11 nitrogen and oxygen atoms in total. The van der Waals surface area contributed by atoms with Crippen LogP contribution >= 0.6 is 11.6 Å². The van der Waals surface area contributed by atoms with Crippen LogP contribution in [0, 0.1) is 0 Å². The van der Waals surface area contributed by atoms with Crippen LogP contribution in [0.25, 0.3) is 22.5 Å². The molecule has 0 saturated heterocycles. The molecule has 2 aromatic carbocycles. The Kier molecular flexibility index (Phi) is 8.72. The number of tetrazole rings is 1. The number of hydrogen-bond donors (Lipinski definition) is 3. The number of aromatic amines is 1. The highest BCUT2D eigenvalue weighted by Crippen LogP contribution is 2.35. The molecule has 0 aliphatic heterocycles. The first-order chi connectivity index (χ1) is 18.8. The Morgan fingerprint density at radius 3 is 2.46 bits per heavy atom. The maximum atomic E-state index is 13.1. The zero-order valence-corrected chi connectivity index (χ0v) is 22.8. The lowest BCUT2D eigenvalue weighted by Gasteiger charge is -2.31. The Hall–Kier alpha value is -4.09. The number of H-pyrrole nitrogens is 1. The molecule has 2 heterocycles. The number of ether oxygens (including phenoxy) is 1. The zero-order valence-electron chi connectivity index (χ0n) is 22.1. The van der Waals surface area contributed by atoms with Crippen LogP contribution in [0.5, 0.6) is 0 Å². The standard InChI is InChI=1S/C27H31ClN8O3/c1-4-5-10-22-31-24(28)23(27(30-2,15-21(29)37)26(38)39-3)36(22)16-17-11-13-18(14-12-17)19-8-6-7-9-20(19)25-32-34-35-33-25/h6-9,11-14,30H,4-5,10,15-16H2,1-3H3,(H2,29,37)(H,32,33,34,35)/t27-/m0/s1. The molecular formula is C27H31ClN8O3. The average Bonchev–Trinajstić information content (AvgIpc) is 3.59. The van der Waals surface area contributed by atoms with E-state index < -0.39 is 17.4 Å². The monoisotopic (exact) mass is 550 g/mol. The van der Waals surface area contributed by atoms with Gasteiger partial charge in [0.2, 0.25) is 11.7 Å². The fourth-order valence-electron chi connectivity index (χ4n) is 4.74. The van der Waals surface area contributed by atoms with Gasteiger partial charge in [0.05, 0.1) is 19.2 Å². The number of nitrogens with two attached hydrogens (primary N) is 1. The predicted molar refractivity (Wildman–Crippen MR) is 147 cm³/mol. The molecule has 0 aliphatic rings. The van der Waals surface area contributed by atoms with E-state index in [1.54, 1.807) is 7.05 Å². The fraction of sp³-hybridized carbons (Fsp3) is 0.333. The molecule has 4 rings (SSSR count). The van der Waals surface area contributed by atoms with Crippen molar-refractivity contribution in [3.05, 3.63) is 70.8 Å². The Bertz CT molecular complexity index is 1440. The lowest BCUT2D eigenvalue weighted by Crippen LogP contribution is -2.52. The molecule has 0 bridgehead atoms. The van der Waals surface area contributed by atoms with Crippen molar-refractivity contribution in [2.24, 2.45) is 5.73 Å². The maximum Gasteiger partial charge on any atom is 0.332 e. The zero-order chi connectivity index (χ0) is 28.0. The number of nitrogens with one attached hydrogen (secondary N) is 2. The normalized spacial score (nSPS) is 12.7. The number of unbranched alkanes of at least 4 members (excludes halogenated alkanes) is 1. The van der Waals surface area contributed by atoms with E-state index in [0.29, 0.717) is 30.3 Å². The number of hydrogen-bond acceptors (Lipinski definition) is 8. The number of rotatable bonds is 12. The summed E-state index contributed by atoms with van der Waals surface area (Å²) < 4.78 is 6.98. The van der Waals surface area contributed by atoms with Crippen molar-refractivity contribution in [3.63, 3.8) is 0 Å². The average molecular weight is 551 g/mol. The van der Waals surface area contributed by atoms with Crippen LogP contribution in [0.4, 0.5) is 0 Å². The third-order valence-electron chi connectivity index (χ3n) is 6.68. The Labute approximate surface area is 231 Å². The van der Waals surface area contributed by atoms with E-state index >= 15 is 0 Å². The number of halogens is 1. The van der Waals surface area contributed by atoms with Crippen molar-refractivity contribution >= 4 is 23.5 Å². The van der Waals surface area contributed by atoms with E-state index in [1.807, 2.05) is 53.1 Å². The van der Waals surface area contributed by atoms with Crippen molar-refractivity contribution in [3.8, 4) is 22.5 Å². The van der Waals surface area contributed by atoms with E-state index in [1.165, 1.54) is 7.11 Å².